The Morgan fingerprint density at radius 2 is 2.10 bits per heavy atom. The molecule has 0 bridgehead atoms. The van der Waals surface area contributed by atoms with Crippen LogP contribution in [0.3, 0.4) is 0 Å². The van der Waals surface area contributed by atoms with Crippen molar-refractivity contribution in [2.75, 3.05) is 5.32 Å². The molecule has 1 heterocycles. The Balaban J connectivity index is 2.04. The van der Waals surface area contributed by atoms with Crippen molar-refractivity contribution in [3.63, 3.8) is 0 Å². The molecule has 5 nitrogen and oxygen atoms in total. The lowest BCUT2D eigenvalue weighted by Gasteiger charge is -2.14. The number of carbonyl (C=O) groups excluding carboxylic acids is 1. The molecule has 0 radical (unpaired) electrons. The molecule has 21 heavy (non-hydrogen) atoms. The third-order valence-electron chi connectivity index (χ3n) is 3.28. The Labute approximate surface area is 129 Å². The van der Waals surface area contributed by atoms with Crippen LogP contribution in [0.2, 0.25) is 5.02 Å². The van der Waals surface area contributed by atoms with Gasteiger partial charge in [-0.15, -0.1) is 0 Å². The Morgan fingerprint density at radius 3 is 2.71 bits per heavy atom. The van der Waals surface area contributed by atoms with Gasteiger partial charge in [-0.1, -0.05) is 17.7 Å². The van der Waals surface area contributed by atoms with Crippen LogP contribution in [0.5, 0.6) is 0 Å². The van der Waals surface area contributed by atoms with Crippen molar-refractivity contribution in [2.45, 2.75) is 40.2 Å². The average Bonchev–Trinajstić information content (AvgIpc) is 2.73. The molecule has 2 rings (SSSR count). The van der Waals surface area contributed by atoms with Crippen LogP contribution < -0.4 is 5.32 Å². The normalized spacial score (nSPS) is 12.2. The smallest absolute Gasteiger partial charge is 0.226 e. The molecule has 1 amide bonds. The quantitative estimate of drug-likeness (QED) is 0.941. The first-order chi connectivity index (χ1) is 9.86. The molecular formula is C15H19ClN4O. The summed E-state index contributed by atoms with van der Waals surface area (Å²) in [6.45, 7) is 7.60. The number of nitrogens with one attached hydrogen (secondary N) is 1. The molecule has 0 fully saturated rings. The number of rotatable bonds is 4. The molecule has 0 saturated heterocycles. The number of aromatic nitrogens is 3. The second-order valence-electron chi connectivity index (χ2n) is 5.21. The van der Waals surface area contributed by atoms with E-state index in [4.69, 9.17) is 11.6 Å². The Bertz CT molecular complexity index is 666. The first-order valence-corrected chi connectivity index (χ1v) is 7.20. The molecule has 0 aliphatic carbocycles. The van der Waals surface area contributed by atoms with Gasteiger partial charge in [0.15, 0.2) is 0 Å². The highest BCUT2D eigenvalue weighted by atomic mass is 35.5. The second-order valence-corrected chi connectivity index (χ2v) is 5.65. The number of amides is 1. The summed E-state index contributed by atoms with van der Waals surface area (Å²) in [5, 5.41) is 7.80. The lowest BCUT2D eigenvalue weighted by Crippen LogP contribution is -2.19. The summed E-state index contributed by atoms with van der Waals surface area (Å²) in [5.74, 6) is 1.46. The van der Waals surface area contributed by atoms with E-state index in [1.54, 1.807) is 16.8 Å². The van der Waals surface area contributed by atoms with E-state index < -0.39 is 0 Å². The number of anilines is 1. The summed E-state index contributed by atoms with van der Waals surface area (Å²) in [6, 6.07) is 5.39. The van der Waals surface area contributed by atoms with Gasteiger partial charge in [-0.2, -0.15) is 5.10 Å². The maximum Gasteiger partial charge on any atom is 0.226 e. The van der Waals surface area contributed by atoms with Crippen LogP contribution in [0.4, 0.5) is 5.69 Å². The van der Waals surface area contributed by atoms with Crippen LogP contribution in [0.1, 0.15) is 36.6 Å². The molecule has 0 aliphatic rings. The van der Waals surface area contributed by atoms with E-state index in [1.807, 2.05) is 33.8 Å². The van der Waals surface area contributed by atoms with E-state index in [2.05, 4.69) is 15.4 Å². The van der Waals surface area contributed by atoms with Gasteiger partial charge in [-0.3, -0.25) is 4.79 Å². The molecular weight excluding hydrogens is 288 g/mol. The standard InChI is InChI=1S/C15H19ClN4O/c1-9-5-6-13(16)8-14(9)18-15(21)7-10(2)20-12(4)17-11(3)19-20/h5-6,8,10H,7H2,1-4H3,(H,18,21). The summed E-state index contributed by atoms with van der Waals surface area (Å²) in [5.41, 5.74) is 1.72. The molecule has 1 atom stereocenters. The number of halogens is 1. The Hall–Kier alpha value is -1.88. The van der Waals surface area contributed by atoms with Gasteiger partial charge in [0.05, 0.1) is 6.04 Å². The fourth-order valence-electron chi connectivity index (χ4n) is 2.24. The van der Waals surface area contributed by atoms with Gasteiger partial charge in [0.2, 0.25) is 5.91 Å². The topological polar surface area (TPSA) is 59.8 Å². The minimum Gasteiger partial charge on any atom is -0.326 e. The van der Waals surface area contributed by atoms with Crippen molar-refractivity contribution in [1.82, 2.24) is 14.8 Å². The van der Waals surface area contributed by atoms with Crippen LogP contribution >= 0.6 is 11.6 Å². The summed E-state index contributed by atoms with van der Waals surface area (Å²) < 4.78 is 1.78. The molecule has 1 aromatic carbocycles. The zero-order valence-corrected chi connectivity index (χ0v) is 13.4. The minimum atomic E-state index is -0.0691. The average molecular weight is 307 g/mol. The van der Waals surface area contributed by atoms with Crippen molar-refractivity contribution >= 4 is 23.2 Å². The van der Waals surface area contributed by atoms with E-state index in [9.17, 15) is 4.79 Å². The van der Waals surface area contributed by atoms with E-state index in [-0.39, 0.29) is 11.9 Å². The molecule has 112 valence electrons. The van der Waals surface area contributed by atoms with Gasteiger partial charge in [-0.05, 0) is 45.4 Å². The predicted octanol–water partition coefficient (Wildman–Crippen LogP) is 3.45. The van der Waals surface area contributed by atoms with Gasteiger partial charge >= 0.3 is 0 Å². The summed E-state index contributed by atoms with van der Waals surface area (Å²) >= 11 is 5.95. The predicted molar refractivity (Wildman–Crippen MR) is 83.6 cm³/mol. The molecule has 0 saturated carbocycles. The van der Waals surface area contributed by atoms with Gasteiger partial charge in [-0.25, -0.2) is 9.67 Å². The Morgan fingerprint density at radius 1 is 1.38 bits per heavy atom. The number of hydrogen-bond donors (Lipinski definition) is 1. The number of nitrogens with zero attached hydrogens (tertiary/aromatic N) is 3. The summed E-state index contributed by atoms with van der Waals surface area (Å²) in [4.78, 5) is 16.4. The third-order valence-corrected chi connectivity index (χ3v) is 3.51. The van der Waals surface area contributed by atoms with Crippen LogP contribution in [-0.4, -0.2) is 20.7 Å². The fourth-order valence-corrected chi connectivity index (χ4v) is 2.41. The number of hydrogen-bond acceptors (Lipinski definition) is 3. The monoisotopic (exact) mass is 306 g/mol. The highest BCUT2D eigenvalue weighted by Gasteiger charge is 2.15. The summed E-state index contributed by atoms with van der Waals surface area (Å²) in [7, 11) is 0. The minimum absolute atomic E-state index is 0.0503. The van der Waals surface area contributed by atoms with Crippen molar-refractivity contribution in [2.24, 2.45) is 0 Å². The van der Waals surface area contributed by atoms with Crippen molar-refractivity contribution in [1.29, 1.82) is 0 Å². The van der Waals surface area contributed by atoms with Gasteiger partial charge in [0.25, 0.3) is 0 Å². The van der Waals surface area contributed by atoms with Crippen LogP contribution in [0, 0.1) is 20.8 Å². The summed E-state index contributed by atoms with van der Waals surface area (Å²) in [6.07, 6.45) is 0.329. The SMILES string of the molecule is Cc1nc(C)n(C(C)CC(=O)Nc2cc(Cl)ccc2C)n1. The van der Waals surface area contributed by atoms with E-state index in [1.165, 1.54) is 0 Å². The molecule has 0 spiro atoms. The van der Waals surface area contributed by atoms with Crippen LogP contribution in [0.25, 0.3) is 0 Å². The fraction of sp³-hybridized carbons (Fsp3) is 0.400. The van der Waals surface area contributed by atoms with E-state index in [0.717, 1.165) is 17.1 Å². The van der Waals surface area contributed by atoms with Gasteiger partial charge in [0.1, 0.15) is 11.6 Å². The lowest BCUT2D eigenvalue weighted by atomic mass is 10.2. The second kappa shape index (κ2) is 6.26. The zero-order chi connectivity index (χ0) is 15.6. The van der Waals surface area contributed by atoms with Crippen molar-refractivity contribution in [3.8, 4) is 0 Å². The zero-order valence-electron chi connectivity index (χ0n) is 12.6. The molecule has 0 aliphatic heterocycles. The highest BCUT2D eigenvalue weighted by Crippen LogP contribution is 2.21. The van der Waals surface area contributed by atoms with Gasteiger partial charge < -0.3 is 5.32 Å². The third kappa shape index (κ3) is 3.82. The maximum absolute atomic E-state index is 12.2. The molecule has 6 heteroatoms. The van der Waals surface area contributed by atoms with Crippen LogP contribution in [0.15, 0.2) is 18.2 Å². The number of aryl methyl sites for hydroxylation is 3. The van der Waals surface area contributed by atoms with Crippen molar-refractivity contribution < 1.29 is 4.79 Å². The first-order valence-electron chi connectivity index (χ1n) is 6.82. The van der Waals surface area contributed by atoms with Gasteiger partial charge in [0, 0.05) is 17.1 Å². The lowest BCUT2D eigenvalue weighted by molar-refractivity contribution is -0.116. The largest absolute Gasteiger partial charge is 0.326 e. The maximum atomic E-state index is 12.2. The van der Waals surface area contributed by atoms with Crippen molar-refractivity contribution in [3.05, 3.63) is 40.4 Å². The van der Waals surface area contributed by atoms with Crippen LogP contribution in [-0.2, 0) is 4.79 Å². The van der Waals surface area contributed by atoms with E-state index >= 15 is 0 Å². The molecule has 1 N–H and O–H groups in total. The molecule has 2 aromatic rings. The highest BCUT2D eigenvalue weighted by molar-refractivity contribution is 6.31. The first kappa shape index (κ1) is 15.5. The van der Waals surface area contributed by atoms with E-state index in [0.29, 0.717) is 17.3 Å². The molecule has 1 aromatic heterocycles. The number of benzene rings is 1. The molecule has 1 unspecified atom stereocenters. The number of carbonyl (C=O) groups is 1. The Kier molecular flexibility index (Phi) is 4.63.